The first-order valence-electron chi connectivity index (χ1n) is 6.89. The topological polar surface area (TPSA) is 35.5 Å². The highest BCUT2D eigenvalue weighted by Crippen LogP contribution is 2.34. The van der Waals surface area contributed by atoms with E-state index in [4.69, 9.17) is 0 Å². The zero-order valence-corrected chi connectivity index (χ0v) is 12.9. The van der Waals surface area contributed by atoms with Crippen LogP contribution in [0, 0.1) is 0 Å². The maximum Gasteiger partial charge on any atom is 0.416 e. The molecule has 1 rings (SSSR count). The first kappa shape index (κ1) is 17.8. The second-order valence-electron chi connectivity index (χ2n) is 5.79. The third kappa shape index (κ3) is 5.55. The van der Waals surface area contributed by atoms with Crippen molar-refractivity contribution in [3.8, 4) is 0 Å². The Morgan fingerprint density at radius 3 is 2.33 bits per heavy atom. The van der Waals surface area contributed by atoms with Crippen LogP contribution in [0.2, 0.25) is 0 Å². The van der Waals surface area contributed by atoms with Crippen LogP contribution in [0.25, 0.3) is 0 Å². The molecule has 1 aromatic rings. The molecule has 0 aromatic heterocycles. The number of rotatable bonds is 6. The standard InChI is InChI=1S/C15H23F3N2O/c1-5-19-9-11-6-7-12(8-13(11)15(16,17)18)20(4)10-14(2,3)21/h6-8,19,21H,5,9-10H2,1-4H3. The SMILES string of the molecule is CCNCc1ccc(N(C)CC(C)(C)O)cc1C(F)(F)F. The van der Waals surface area contributed by atoms with Gasteiger partial charge in [-0.3, -0.25) is 0 Å². The van der Waals surface area contributed by atoms with E-state index in [1.165, 1.54) is 6.07 Å². The maximum absolute atomic E-state index is 13.2. The van der Waals surface area contributed by atoms with Crippen LogP contribution < -0.4 is 10.2 Å². The highest BCUT2D eigenvalue weighted by molar-refractivity contribution is 5.51. The van der Waals surface area contributed by atoms with Crippen molar-refractivity contribution >= 4 is 5.69 Å². The zero-order chi connectivity index (χ0) is 16.3. The van der Waals surface area contributed by atoms with E-state index in [1.54, 1.807) is 31.9 Å². The average molecular weight is 304 g/mol. The van der Waals surface area contributed by atoms with Crippen LogP contribution >= 0.6 is 0 Å². The predicted molar refractivity (Wildman–Crippen MR) is 78.4 cm³/mol. The van der Waals surface area contributed by atoms with Gasteiger partial charge in [-0.05, 0) is 38.1 Å². The maximum atomic E-state index is 13.2. The molecule has 0 amide bonds. The van der Waals surface area contributed by atoms with Crippen LogP contribution in [0.1, 0.15) is 31.9 Å². The molecule has 0 radical (unpaired) electrons. The normalized spacial score (nSPS) is 12.6. The second kappa shape index (κ2) is 6.66. The van der Waals surface area contributed by atoms with Gasteiger partial charge in [-0.15, -0.1) is 0 Å². The van der Waals surface area contributed by atoms with E-state index in [0.29, 0.717) is 12.2 Å². The predicted octanol–water partition coefficient (Wildman–Crippen LogP) is 3.02. The van der Waals surface area contributed by atoms with Crippen molar-refractivity contribution in [3.63, 3.8) is 0 Å². The Hall–Kier alpha value is -1.27. The minimum absolute atomic E-state index is 0.181. The Kier molecular flexibility index (Phi) is 5.64. The monoisotopic (exact) mass is 304 g/mol. The third-order valence-corrected chi connectivity index (χ3v) is 3.03. The van der Waals surface area contributed by atoms with Gasteiger partial charge in [0.1, 0.15) is 0 Å². The van der Waals surface area contributed by atoms with E-state index in [9.17, 15) is 18.3 Å². The number of alkyl halides is 3. The Labute approximate surface area is 123 Å². The van der Waals surface area contributed by atoms with Gasteiger partial charge in [-0.1, -0.05) is 13.0 Å². The molecule has 3 nitrogen and oxygen atoms in total. The fourth-order valence-corrected chi connectivity index (χ4v) is 2.15. The summed E-state index contributed by atoms with van der Waals surface area (Å²) in [6.45, 7) is 6.12. The minimum Gasteiger partial charge on any atom is -0.389 e. The highest BCUT2D eigenvalue weighted by Gasteiger charge is 2.33. The van der Waals surface area contributed by atoms with Crippen molar-refractivity contribution in [1.82, 2.24) is 5.32 Å². The molecule has 0 aliphatic rings. The van der Waals surface area contributed by atoms with E-state index < -0.39 is 17.3 Å². The van der Waals surface area contributed by atoms with E-state index in [2.05, 4.69) is 5.32 Å². The lowest BCUT2D eigenvalue weighted by Gasteiger charge is -2.28. The molecule has 0 aliphatic carbocycles. The van der Waals surface area contributed by atoms with Gasteiger partial charge in [0.25, 0.3) is 0 Å². The average Bonchev–Trinajstić information content (AvgIpc) is 2.33. The van der Waals surface area contributed by atoms with Crippen molar-refractivity contribution in [2.45, 2.75) is 39.1 Å². The van der Waals surface area contributed by atoms with Crippen LogP contribution in [0.4, 0.5) is 18.9 Å². The molecule has 0 heterocycles. The molecule has 6 heteroatoms. The quantitative estimate of drug-likeness (QED) is 0.848. The summed E-state index contributed by atoms with van der Waals surface area (Å²) in [5.41, 5.74) is -0.951. The van der Waals surface area contributed by atoms with Gasteiger partial charge >= 0.3 is 6.18 Å². The van der Waals surface area contributed by atoms with Crippen molar-refractivity contribution in [2.75, 3.05) is 25.0 Å². The second-order valence-corrected chi connectivity index (χ2v) is 5.79. The van der Waals surface area contributed by atoms with E-state index in [-0.39, 0.29) is 18.7 Å². The number of nitrogens with one attached hydrogen (secondary N) is 1. The molecule has 0 spiro atoms. The van der Waals surface area contributed by atoms with Crippen LogP contribution in [-0.2, 0) is 12.7 Å². The number of hydrogen-bond donors (Lipinski definition) is 2. The summed E-state index contributed by atoms with van der Waals surface area (Å²) < 4.78 is 39.5. The van der Waals surface area contributed by atoms with Crippen LogP contribution in [0.5, 0.6) is 0 Å². The molecule has 0 fully saturated rings. The molecule has 0 atom stereocenters. The zero-order valence-electron chi connectivity index (χ0n) is 12.9. The molecular formula is C15H23F3N2O. The van der Waals surface area contributed by atoms with Gasteiger partial charge in [0.15, 0.2) is 0 Å². The molecule has 0 aliphatic heterocycles. The van der Waals surface area contributed by atoms with E-state index in [0.717, 1.165) is 6.07 Å². The van der Waals surface area contributed by atoms with Crippen molar-refractivity contribution in [2.24, 2.45) is 0 Å². The van der Waals surface area contributed by atoms with Gasteiger partial charge in [-0.25, -0.2) is 0 Å². The third-order valence-electron chi connectivity index (χ3n) is 3.03. The summed E-state index contributed by atoms with van der Waals surface area (Å²) in [6, 6.07) is 4.27. The Morgan fingerprint density at radius 2 is 1.86 bits per heavy atom. The minimum atomic E-state index is -4.39. The van der Waals surface area contributed by atoms with Crippen molar-refractivity contribution in [1.29, 1.82) is 0 Å². The smallest absolute Gasteiger partial charge is 0.389 e. The largest absolute Gasteiger partial charge is 0.416 e. The van der Waals surface area contributed by atoms with Gasteiger partial charge < -0.3 is 15.3 Å². The summed E-state index contributed by atoms with van der Waals surface area (Å²) in [6.07, 6.45) is -4.39. The molecule has 2 N–H and O–H groups in total. The number of likely N-dealkylation sites (N-methyl/N-ethyl adjacent to an activating group) is 1. The summed E-state index contributed by atoms with van der Waals surface area (Å²) in [4.78, 5) is 1.62. The molecule has 1 aromatic carbocycles. The summed E-state index contributed by atoms with van der Waals surface area (Å²) in [5, 5.41) is 12.7. The molecular weight excluding hydrogens is 281 g/mol. The Balaban J connectivity index is 3.09. The van der Waals surface area contributed by atoms with Gasteiger partial charge in [-0.2, -0.15) is 13.2 Å². The van der Waals surface area contributed by atoms with Crippen LogP contribution in [0.3, 0.4) is 0 Å². The van der Waals surface area contributed by atoms with Crippen LogP contribution in [0.15, 0.2) is 18.2 Å². The summed E-state index contributed by atoms with van der Waals surface area (Å²) in [5.74, 6) is 0. The van der Waals surface area contributed by atoms with Gasteiger partial charge in [0.05, 0.1) is 11.2 Å². The molecule has 0 unspecified atom stereocenters. The van der Waals surface area contributed by atoms with Crippen molar-refractivity contribution < 1.29 is 18.3 Å². The number of aliphatic hydroxyl groups is 1. The van der Waals surface area contributed by atoms with E-state index in [1.807, 2.05) is 6.92 Å². The molecule has 0 saturated carbocycles. The number of halogens is 3. The summed E-state index contributed by atoms with van der Waals surface area (Å²) >= 11 is 0. The van der Waals surface area contributed by atoms with Crippen LogP contribution in [-0.4, -0.2) is 30.8 Å². The summed E-state index contributed by atoms with van der Waals surface area (Å²) in [7, 11) is 1.66. The Morgan fingerprint density at radius 1 is 1.24 bits per heavy atom. The molecule has 120 valence electrons. The lowest BCUT2D eigenvalue weighted by molar-refractivity contribution is -0.138. The fourth-order valence-electron chi connectivity index (χ4n) is 2.15. The highest BCUT2D eigenvalue weighted by atomic mass is 19.4. The Bertz CT molecular complexity index is 467. The first-order valence-corrected chi connectivity index (χ1v) is 6.89. The number of nitrogens with zero attached hydrogens (tertiary/aromatic N) is 1. The van der Waals surface area contributed by atoms with Crippen molar-refractivity contribution in [3.05, 3.63) is 29.3 Å². The number of benzene rings is 1. The fraction of sp³-hybridized carbons (Fsp3) is 0.600. The molecule has 21 heavy (non-hydrogen) atoms. The molecule has 0 saturated heterocycles. The first-order chi connectivity index (χ1) is 9.54. The number of anilines is 1. The van der Waals surface area contributed by atoms with Gasteiger partial charge in [0.2, 0.25) is 0 Å². The van der Waals surface area contributed by atoms with E-state index >= 15 is 0 Å². The van der Waals surface area contributed by atoms with Gasteiger partial charge in [0, 0.05) is 25.8 Å². The lowest BCUT2D eigenvalue weighted by atomic mass is 10.0. The molecule has 0 bridgehead atoms. The number of hydrogen-bond acceptors (Lipinski definition) is 3. The lowest BCUT2D eigenvalue weighted by Crippen LogP contribution is -2.36.